The van der Waals surface area contributed by atoms with Crippen LogP contribution in [0.1, 0.15) is 6.92 Å². The van der Waals surface area contributed by atoms with E-state index in [4.69, 9.17) is 11.6 Å². The van der Waals surface area contributed by atoms with E-state index < -0.39 is 0 Å². The summed E-state index contributed by atoms with van der Waals surface area (Å²) in [4.78, 5) is 25.3. The molecule has 2 aromatic carbocycles. The van der Waals surface area contributed by atoms with Crippen LogP contribution in [-0.4, -0.2) is 54.0 Å². The number of carbonyl (C=O) groups excluding carboxylic acids is 1. The van der Waals surface area contributed by atoms with Crippen LogP contribution in [0.15, 0.2) is 42.5 Å². The fourth-order valence-corrected chi connectivity index (χ4v) is 3.53. The third-order valence-electron chi connectivity index (χ3n) is 4.94. The summed E-state index contributed by atoms with van der Waals surface area (Å²) in [6, 6.07) is 13.9. The molecule has 0 aliphatic carbocycles. The standard InChI is InChI=1S/C21H22ClN5O/c1-14(28)23-21-24-19-8-5-16(15-3-6-17(22)7-4-15)13-18(19)20(25-21)27-11-9-26(2)10-12-27/h3-8,13H,9-12H2,1-2H3,(H,23,24,25,28). The minimum atomic E-state index is -0.179. The highest BCUT2D eigenvalue weighted by Crippen LogP contribution is 2.31. The predicted octanol–water partition coefficient (Wildman–Crippen LogP) is 3.66. The quantitative estimate of drug-likeness (QED) is 0.733. The number of hydrogen-bond donors (Lipinski definition) is 1. The van der Waals surface area contributed by atoms with E-state index in [1.807, 2.05) is 36.4 Å². The summed E-state index contributed by atoms with van der Waals surface area (Å²) in [7, 11) is 2.12. The van der Waals surface area contributed by atoms with Crippen LogP contribution >= 0.6 is 11.6 Å². The molecule has 0 bridgehead atoms. The molecule has 144 valence electrons. The number of fused-ring (bicyclic) bond motifs is 1. The Hall–Kier alpha value is -2.70. The largest absolute Gasteiger partial charge is 0.353 e. The van der Waals surface area contributed by atoms with Crippen LogP contribution < -0.4 is 10.2 Å². The molecule has 2 heterocycles. The fraction of sp³-hybridized carbons (Fsp3) is 0.286. The summed E-state index contributed by atoms with van der Waals surface area (Å²) in [6.45, 7) is 5.17. The Morgan fingerprint density at radius 2 is 1.68 bits per heavy atom. The number of hydrogen-bond acceptors (Lipinski definition) is 5. The van der Waals surface area contributed by atoms with Gasteiger partial charge in [0.05, 0.1) is 5.52 Å². The van der Waals surface area contributed by atoms with Gasteiger partial charge in [0.2, 0.25) is 11.9 Å². The van der Waals surface area contributed by atoms with E-state index in [9.17, 15) is 4.79 Å². The minimum Gasteiger partial charge on any atom is -0.353 e. The van der Waals surface area contributed by atoms with Gasteiger partial charge >= 0.3 is 0 Å². The van der Waals surface area contributed by atoms with Crippen LogP contribution in [0.25, 0.3) is 22.0 Å². The van der Waals surface area contributed by atoms with Gasteiger partial charge in [-0.1, -0.05) is 29.8 Å². The van der Waals surface area contributed by atoms with Crippen molar-refractivity contribution in [2.24, 2.45) is 0 Å². The molecule has 1 aliphatic heterocycles. The number of piperazine rings is 1. The first-order chi connectivity index (χ1) is 13.5. The number of halogens is 1. The molecule has 1 aliphatic rings. The van der Waals surface area contributed by atoms with Crippen LogP contribution in [0, 0.1) is 0 Å². The zero-order valence-corrected chi connectivity index (χ0v) is 16.7. The lowest BCUT2D eigenvalue weighted by molar-refractivity contribution is -0.114. The first kappa shape index (κ1) is 18.7. The summed E-state index contributed by atoms with van der Waals surface area (Å²) >= 11 is 6.03. The lowest BCUT2D eigenvalue weighted by Gasteiger charge is -2.33. The smallest absolute Gasteiger partial charge is 0.231 e. The molecule has 7 heteroatoms. The molecule has 0 unspecified atom stereocenters. The molecule has 1 amide bonds. The van der Waals surface area contributed by atoms with E-state index in [0.717, 1.165) is 54.0 Å². The van der Waals surface area contributed by atoms with Crippen molar-refractivity contribution in [3.63, 3.8) is 0 Å². The third kappa shape index (κ3) is 3.93. The Labute approximate surface area is 169 Å². The molecule has 1 saturated heterocycles. The monoisotopic (exact) mass is 395 g/mol. The molecule has 4 rings (SSSR count). The van der Waals surface area contributed by atoms with Gasteiger partial charge in [0, 0.05) is 43.5 Å². The topological polar surface area (TPSA) is 61.4 Å². The molecule has 0 radical (unpaired) electrons. The summed E-state index contributed by atoms with van der Waals surface area (Å²) < 4.78 is 0. The summed E-state index contributed by atoms with van der Waals surface area (Å²) in [5, 5.41) is 4.42. The second kappa shape index (κ2) is 7.73. The van der Waals surface area contributed by atoms with Crippen LogP contribution in [0.2, 0.25) is 5.02 Å². The van der Waals surface area contributed by atoms with Crippen molar-refractivity contribution in [2.45, 2.75) is 6.92 Å². The van der Waals surface area contributed by atoms with E-state index >= 15 is 0 Å². The summed E-state index contributed by atoms with van der Waals surface area (Å²) in [5.41, 5.74) is 2.97. The van der Waals surface area contributed by atoms with Gasteiger partial charge in [-0.2, -0.15) is 4.98 Å². The number of carbonyl (C=O) groups is 1. The number of nitrogens with one attached hydrogen (secondary N) is 1. The van der Waals surface area contributed by atoms with Gasteiger partial charge in [-0.25, -0.2) is 4.98 Å². The highest BCUT2D eigenvalue weighted by molar-refractivity contribution is 6.30. The number of rotatable bonds is 3. The average Bonchev–Trinajstić information content (AvgIpc) is 2.68. The molecule has 0 spiro atoms. The molecular formula is C21H22ClN5O. The Balaban J connectivity index is 1.82. The van der Waals surface area contributed by atoms with Crippen LogP contribution in [0.3, 0.4) is 0 Å². The van der Waals surface area contributed by atoms with Crippen molar-refractivity contribution >= 4 is 40.2 Å². The van der Waals surface area contributed by atoms with Gasteiger partial charge in [0.25, 0.3) is 0 Å². The second-order valence-electron chi connectivity index (χ2n) is 7.08. The SMILES string of the molecule is CC(=O)Nc1nc(N2CCN(C)CC2)c2cc(-c3ccc(Cl)cc3)ccc2n1. The number of likely N-dealkylation sites (N-methyl/N-ethyl adjacent to an activating group) is 1. The molecule has 0 saturated carbocycles. The van der Waals surface area contributed by atoms with Crippen LogP contribution in [0.4, 0.5) is 11.8 Å². The number of nitrogens with zero attached hydrogens (tertiary/aromatic N) is 4. The van der Waals surface area contributed by atoms with Crippen LogP contribution in [0.5, 0.6) is 0 Å². The van der Waals surface area contributed by atoms with Gasteiger partial charge in [0.1, 0.15) is 5.82 Å². The lowest BCUT2D eigenvalue weighted by Crippen LogP contribution is -2.45. The third-order valence-corrected chi connectivity index (χ3v) is 5.20. The van der Waals surface area contributed by atoms with Crippen molar-refractivity contribution < 1.29 is 4.79 Å². The van der Waals surface area contributed by atoms with Crippen molar-refractivity contribution in [1.82, 2.24) is 14.9 Å². The number of benzene rings is 2. The van der Waals surface area contributed by atoms with Gasteiger partial charge in [0.15, 0.2) is 0 Å². The molecule has 1 aromatic heterocycles. The Bertz CT molecular complexity index is 1010. The summed E-state index contributed by atoms with van der Waals surface area (Å²) in [5.74, 6) is 1.02. The van der Waals surface area contributed by atoms with Crippen molar-refractivity contribution in [3.05, 3.63) is 47.5 Å². The molecule has 1 fully saturated rings. The highest BCUT2D eigenvalue weighted by atomic mass is 35.5. The maximum absolute atomic E-state index is 11.5. The normalized spacial score (nSPS) is 15.0. The van der Waals surface area contributed by atoms with E-state index in [1.54, 1.807) is 0 Å². The first-order valence-corrected chi connectivity index (χ1v) is 9.66. The maximum atomic E-state index is 11.5. The van der Waals surface area contributed by atoms with E-state index in [-0.39, 0.29) is 5.91 Å². The molecule has 1 N–H and O–H groups in total. The Kier molecular flexibility index (Phi) is 5.15. The van der Waals surface area contributed by atoms with Gasteiger partial charge < -0.3 is 9.80 Å². The molecule has 28 heavy (non-hydrogen) atoms. The maximum Gasteiger partial charge on any atom is 0.231 e. The summed E-state index contributed by atoms with van der Waals surface area (Å²) in [6.07, 6.45) is 0. The molecule has 0 atom stereocenters. The minimum absolute atomic E-state index is 0.179. The van der Waals surface area contributed by atoms with Crippen molar-refractivity contribution in [1.29, 1.82) is 0 Å². The van der Waals surface area contributed by atoms with Crippen LogP contribution in [-0.2, 0) is 4.79 Å². The Morgan fingerprint density at radius 1 is 1.00 bits per heavy atom. The predicted molar refractivity (Wildman–Crippen MR) is 114 cm³/mol. The second-order valence-corrected chi connectivity index (χ2v) is 7.52. The van der Waals surface area contributed by atoms with Crippen molar-refractivity contribution in [3.8, 4) is 11.1 Å². The zero-order chi connectivity index (χ0) is 19.7. The van der Waals surface area contributed by atoms with E-state index in [1.165, 1.54) is 6.92 Å². The number of anilines is 2. The lowest BCUT2D eigenvalue weighted by atomic mass is 10.0. The molecular weight excluding hydrogens is 374 g/mol. The van der Waals surface area contributed by atoms with Gasteiger partial charge in [-0.05, 0) is 42.4 Å². The molecule has 6 nitrogen and oxygen atoms in total. The fourth-order valence-electron chi connectivity index (χ4n) is 3.41. The number of aromatic nitrogens is 2. The highest BCUT2D eigenvalue weighted by Gasteiger charge is 2.20. The van der Waals surface area contributed by atoms with Gasteiger partial charge in [-0.3, -0.25) is 10.1 Å². The van der Waals surface area contributed by atoms with Crippen molar-refractivity contribution in [2.75, 3.05) is 43.4 Å². The number of amides is 1. The molecule has 3 aromatic rings. The zero-order valence-electron chi connectivity index (χ0n) is 15.9. The van der Waals surface area contributed by atoms with E-state index in [0.29, 0.717) is 11.0 Å². The van der Waals surface area contributed by atoms with Gasteiger partial charge in [-0.15, -0.1) is 0 Å². The average molecular weight is 396 g/mol. The Morgan fingerprint density at radius 3 is 2.36 bits per heavy atom. The van der Waals surface area contributed by atoms with E-state index in [2.05, 4.69) is 38.2 Å². The first-order valence-electron chi connectivity index (χ1n) is 9.28.